The van der Waals surface area contributed by atoms with Crippen LogP contribution in [0.4, 0.5) is 0 Å². The molecule has 0 saturated carbocycles. The van der Waals surface area contributed by atoms with Gasteiger partial charge in [0.25, 0.3) is 5.91 Å². The third-order valence-corrected chi connectivity index (χ3v) is 2.66. The first-order valence-corrected chi connectivity index (χ1v) is 5.76. The molecule has 1 atom stereocenters. The molecule has 1 heterocycles. The van der Waals surface area contributed by atoms with Gasteiger partial charge in [-0.25, -0.2) is 5.43 Å². The molecule has 1 aromatic rings. The molecule has 0 fully saturated rings. The van der Waals surface area contributed by atoms with Gasteiger partial charge in [-0.2, -0.15) is 5.10 Å². The van der Waals surface area contributed by atoms with Crippen molar-refractivity contribution in [2.45, 2.75) is 19.3 Å². The zero-order valence-electron chi connectivity index (χ0n) is 9.54. The van der Waals surface area contributed by atoms with E-state index in [1.807, 2.05) is 6.21 Å². The topological polar surface area (TPSA) is 54.4 Å². The van der Waals surface area contributed by atoms with Gasteiger partial charge in [0.1, 0.15) is 5.69 Å². The molecule has 1 amide bonds. The molecule has 1 N–H and O–H groups in total. The van der Waals surface area contributed by atoms with Crippen molar-refractivity contribution >= 4 is 12.1 Å². The molecule has 88 valence electrons. The minimum Gasteiger partial charge on any atom is -0.266 e. The second-order valence-corrected chi connectivity index (χ2v) is 3.98. The number of aromatic nitrogens is 1. The predicted molar refractivity (Wildman–Crippen MR) is 66.7 cm³/mol. The van der Waals surface area contributed by atoms with Crippen molar-refractivity contribution in [2.24, 2.45) is 11.0 Å². The van der Waals surface area contributed by atoms with E-state index < -0.39 is 0 Å². The maximum absolute atomic E-state index is 11.6. The number of allylic oxidation sites excluding steroid dienone is 2. The zero-order valence-corrected chi connectivity index (χ0v) is 9.54. The molecule has 4 nitrogen and oxygen atoms in total. The van der Waals surface area contributed by atoms with Gasteiger partial charge >= 0.3 is 0 Å². The fourth-order valence-corrected chi connectivity index (χ4v) is 1.71. The third-order valence-electron chi connectivity index (χ3n) is 2.66. The summed E-state index contributed by atoms with van der Waals surface area (Å²) >= 11 is 0. The number of hydrogen-bond acceptors (Lipinski definition) is 3. The number of carbonyl (C=O) groups excluding carboxylic acids is 1. The van der Waals surface area contributed by atoms with E-state index in [0.29, 0.717) is 11.6 Å². The van der Waals surface area contributed by atoms with E-state index in [9.17, 15) is 4.79 Å². The summed E-state index contributed by atoms with van der Waals surface area (Å²) in [6, 6.07) is 5.21. The van der Waals surface area contributed by atoms with Crippen molar-refractivity contribution in [1.82, 2.24) is 10.4 Å². The standard InChI is InChI=1S/C13H15N3O/c17-13(12-8-4-5-9-14-12)16-15-10-11-6-2-1-3-7-11/h1-2,4-5,8-11H,3,6-7H2,(H,16,17)/b15-10-/t11-/m1/s1. The molecule has 0 saturated heterocycles. The van der Waals surface area contributed by atoms with Crippen LogP contribution in [0.15, 0.2) is 41.6 Å². The van der Waals surface area contributed by atoms with E-state index in [-0.39, 0.29) is 5.91 Å². The highest BCUT2D eigenvalue weighted by Crippen LogP contribution is 2.15. The van der Waals surface area contributed by atoms with Crippen LogP contribution in [0.25, 0.3) is 0 Å². The van der Waals surface area contributed by atoms with Crippen molar-refractivity contribution in [2.75, 3.05) is 0 Å². The molecular formula is C13H15N3O. The van der Waals surface area contributed by atoms with Gasteiger partial charge in [-0.15, -0.1) is 0 Å². The summed E-state index contributed by atoms with van der Waals surface area (Å²) in [4.78, 5) is 15.5. The van der Waals surface area contributed by atoms with Crippen molar-refractivity contribution in [3.63, 3.8) is 0 Å². The van der Waals surface area contributed by atoms with E-state index in [1.165, 1.54) is 0 Å². The first-order chi connectivity index (χ1) is 8.36. The second-order valence-electron chi connectivity index (χ2n) is 3.98. The zero-order chi connectivity index (χ0) is 11.9. The summed E-state index contributed by atoms with van der Waals surface area (Å²) in [5, 5.41) is 3.97. The third kappa shape index (κ3) is 3.52. The lowest BCUT2D eigenvalue weighted by Crippen LogP contribution is -2.19. The fourth-order valence-electron chi connectivity index (χ4n) is 1.71. The molecular weight excluding hydrogens is 214 g/mol. The average molecular weight is 229 g/mol. The maximum Gasteiger partial charge on any atom is 0.289 e. The fraction of sp³-hybridized carbons (Fsp3) is 0.308. The molecule has 2 rings (SSSR count). The molecule has 0 spiro atoms. The maximum atomic E-state index is 11.6. The van der Waals surface area contributed by atoms with E-state index in [4.69, 9.17) is 0 Å². The summed E-state index contributed by atoms with van der Waals surface area (Å²) < 4.78 is 0. The van der Waals surface area contributed by atoms with Crippen LogP contribution >= 0.6 is 0 Å². The monoisotopic (exact) mass is 229 g/mol. The molecule has 0 aliphatic heterocycles. The number of nitrogens with one attached hydrogen (secondary N) is 1. The smallest absolute Gasteiger partial charge is 0.266 e. The Balaban J connectivity index is 1.84. The predicted octanol–water partition coefficient (Wildman–Crippen LogP) is 2.15. The molecule has 1 aliphatic carbocycles. The lowest BCUT2D eigenvalue weighted by molar-refractivity contribution is 0.0950. The van der Waals surface area contributed by atoms with E-state index >= 15 is 0 Å². The molecule has 4 heteroatoms. The number of hydrazone groups is 1. The molecule has 0 bridgehead atoms. The second kappa shape index (κ2) is 5.94. The molecule has 17 heavy (non-hydrogen) atoms. The van der Waals surface area contributed by atoms with Crippen LogP contribution in [0.2, 0.25) is 0 Å². The van der Waals surface area contributed by atoms with Crippen LogP contribution in [-0.4, -0.2) is 17.1 Å². The van der Waals surface area contributed by atoms with E-state index in [1.54, 1.807) is 24.4 Å². The molecule has 0 radical (unpaired) electrons. The van der Waals surface area contributed by atoms with Gasteiger partial charge in [-0.3, -0.25) is 9.78 Å². The number of pyridine rings is 1. The van der Waals surface area contributed by atoms with Crippen LogP contribution in [0.5, 0.6) is 0 Å². The molecule has 0 aromatic carbocycles. The Morgan fingerprint density at radius 3 is 3.12 bits per heavy atom. The summed E-state index contributed by atoms with van der Waals surface area (Å²) in [5.41, 5.74) is 2.87. The summed E-state index contributed by atoms with van der Waals surface area (Å²) in [6.07, 6.45) is 10.9. The van der Waals surface area contributed by atoms with Gasteiger partial charge < -0.3 is 0 Å². The number of amides is 1. The Bertz CT molecular complexity index is 426. The highest BCUT2D eigenvalue weighted by atomic mass is 16.2. The van der Waals surface area contributed by atoms with Crippen LogP contribution in [0, 0.1) is 5.92 Å². The van der Waals surface area contributed by atoms with Crippen molar-refractivity contribution in [1.29, 1.82) is 0 Å². The first kappa shape index (κ1) is 11.5. The van der Waals surface area contributed by atoms with Crippen LogP contribution in [-0.2, 0) is 0 Å². The summed E-state index contributed by atoms with van der Waals surface area (Å²) in [5.74, 6) is 0.164. The Hall–Kier alpha value is -1.97. The number of nitrogens with zero attached hydrogens (tertiary/aromatic N) is 2. The van der Waals surface area contributed by atoms with Crippen LogP contribution < -0.4 is 5.43 Å². The van der Waals surface area contributed by atoms with Crippen molar-refractivity contribution in [3.8, 4) is 0 Å². The minimum atomic E-state index is -0.270. The van der Waals surface area contributed by atoms with Gasteiger partial charge in [0.2, 0.25) is 0 Å². The quantitative estimate of drug-likeness (QED) is 0.490. The Morgan fingerprint density at radius 2 is 2.41 bits per heavy atom. The van der Waals surface area contributed by atoms with Crippen molar-refractivity contribution in [3.05, 3.63) is 42.2 Å². The van der Waals surface area contributed by atoms with Gasteiger partial charge in [0.15, 0.2) is 0 Å². The van der Waals surface area contributed by atoms with Gasteiger partial charge in [-0.05, 0) is 37.3 Å². The average Bonchev–Trinajstić information content (AvgIpc) is 2.41. The minimum absolute atomic E-state index is 0.270. The van der Waals surface area contributed by atoms with E-state index in [2.05, 4.69) is 27.7 Å². The Kier molecular flexibility index (Phi) is 4.02. The Labute approximate surface area is 100 Å². The number of hydrogen-bond donors (Lipinski definition) is 1. The van der Waals surface area contributed by atoms with Crippen molar-refractivity contribution < 1.29 is 4.79 Å². The molecule has 1 aromatic heterocycles. The normalized spacial score (nSPS) is 19.4. The highest BCUT2D eigenvalue weighted by Gasteiger charge is 2.07. The largest absolute Gasteiger partial charge is 0.289 e. The van der Waals surface area contributed by atoms with Gasteiger partial charge in [0.05, 0.1) is 0 Å². The SMILES string of the molecule is O=C(N/N=C\[C@@H]1CC=CCC1)c1ccccn1. The molecule has 0 unspecified atom stereocenters. The number of rotatable bonds is 3. The molecule has 1 aliphatic rings. The van der Waals surface area contributed by atoms with Crippen LogP contribution in [0.3, 0.4) is 0 Å². The van der Waals surface area contributed by atoms with E-state index in [0.717, 1.165) is 19.3 Å². The lowest BCUT2D eigenvalue weighted by atomic mass is 9.96. The van der Waals surface area contributed by atoms with Gasteiger partial charge in [-0.1, -0.05) is 18.2 Å². The number of carbonyl (C=O) groups is 1. The highest BCUT2D eigenvalue weighted by molar-refractivity contribution is 5.92. The van der Waals surface area contributed by atoms with Crippen LogP contribution in [0.1, 0.15) is 29.8 Å². The summed E-state index contributed by atoms with van der Waals surface area (Å²) in [6.45, 7) is 0. The Morgan fingerprint density at radius 1 is 1.47 bits per heavy atom. The van der Waals surface area contributed by atoms with Gasteiger partial charge in [0, 0.05) is 12.4 Å². The first-order valence-electron chi connectivity index (χ1n) is 5.76. The summed E-state index contributed by atoms with van der Waals surface area (Å²) in [7, 11) is 0. The lowest BCUT2D eigenvalue weighted by Gasteiger charge is -2.11.